The number of aromatic nitrogens is 3. The molecule has 4 heteroatoms. The van der Waals surface area contributed by atoms with Gasteiger partial charge < -0.3 is 5.73 Å². The summed E-state index contributed by atoms with van der Waals surface area (Å²) in [6.07, 6.45) is 9.03. The SMILES string of the molecule is CC(C)Cn1ncnc1CC1CCCCCC1N. The first-order valence-corrected chi connectivity index (χ1v) is 7.29. The van der Waals surface area contributed by atoms with Gasteiger partial charge in [-0.3, -0.25) is 0 Å². The van der Waals surface area contributed by atoms with Crippen molar-refractivity contribution in [2.24, 2.45) is 17.6 Å². The van der Waals surface area contributed by atoms with Crippen LogP contribution in [-0.2, 0) is 13.0 Å². The van der Waals surface area contributed by atoms with Gasteiger partial charge in [0, 0.05) is 19.0 Å². The molecule has 0 bridgehead atoms. The predicted molar refractivity (Wildman–Crippen MR) is 73.1 cm³/mol. The minimum Gasteiger partial charge on any atom is -0.327 e. The molecule has 0 radical (unpaired) electrons. The number of nitrogens with two attached hydrogens (primary N) is 1. The van der Waals surface area contributed by atoms with Gasteiger partial charge in [0.15, 0.2) is 0 Å². The summed E-state index contributed by atoms with van der Waals surface area (Å²) in [5, 5.41) is 4.34. The van der Waals surface area contributed by atoms with Gasteiger partial charge in [0.25, 0.3) is 0 Å². The molecule has 1 aromatic heterocycles. The largest absolute Gasteiger partial charge is 0.327 e. The Labute approximate surface area is 110 Å². The zero-order valence-corrected chi connectivity index (χ0v) is 11.7. The van der Waals surface area contributed by atoms with Crippen LogP contribution in [0.2, 0.25) is 0 Å². The molecule has 0 aliphatic heterocycles. The zero-order valence-electron chi connectivity index (χ0n) is 11.7. The molecule has 0 amide bonds. The van der Waals surface area contributed by atoms with Crippen LogP contribution in [0.5, 0.6) is 0 Å². The van der Waals surface area contributed by atoms with Crippen molar-refractivity contribution in [2.45, 2.75) is 65.0 Å². The zero-order chi connectivity index (χ0) is 13.0. The van der Waals surface area contributed by atoms with Crippen LogP contribution in [-0.4, -0.2) is 20.8 Å². The molecule has 2 unspecified atom stereocenters. The molecule has 2 rings (SSSR count). The lowest BCUT2D eigenvalue weighted by atomic mass is 9.92. The molecule has 0 aromatic carbocycles. The highest BCUT2D eigenvalue weighted by Gasteiger charge is 2.22. The fourth-order valence-corrected chi connectivity index (χ4v) is 2.85. The van der Waals surface area contributed by atoms with Crippen molar-refractivity contribution in [1.29, 1.82) is 0 Å². The highest BCUT2D eigenvalue weighted by Crippen LogP contribution is 2.25. The van der Waals surface area contributed by atoms with Crippen molar-refractivity contribution in [1.82, 2.24) is 14.8 Å². The minimum absolute atomic E-state index is 0.344. The van der Waals surface area contributed by atoms with E-state index in [2.05, 4.69) is 28.6 Å². The molecule has 102 valence electrons. The van der Waals surface area contributed by atoms with Crippen molar-refractivity contribution >= 4 is 0 Å². The van der Waals surface area contributed by atoms with Gasteiger partial charge in [-0.15, -0.1) is 0 Å². The van der Waals surface area contributed by atoms with Crippen LogP contribution in [0.1, 0.15) is 51.8 Å². The van der Waals surface area contributed by atoms with Crippen LogP contribution < -0.4 is 5.73 Å². The van der Waals surface area contributed by atoms with Crippen molar-refractivity contribution < 1.29 is 0 Å². The van der Waals surface area contributed by atoms with Gasteiger partial charge >= 0.3 is 0 Å². The van der Waals surface area contributed by atoms with Gasteiger partial charge in [0.2, 0.25) is 0 Å². The van der Waals surface area contributed by atoms with Crippen molar-refractivity contribution in [2.75, 3.05) is 0 Å². The Balaban J connectivity index is 2.01. The second-order valence-corrected chi connectivity index (χ2v) is 6.02. The first-order valence-electron chi connectivity index (χ1n) is 7.29. The van der Waals surface area contributed by atoms with Gasteiger partial charge in [0.05, 0.1) is 0 Å². The van der Waals surface area contributed by atoms with E-state index in [1.807, 2.05) is 0 Å². The molecule has 1 heterocycles. The van der Waals surface area contributed by atoms with E-state index in [1.165, 1.54) is 32.1 Å². The molecule has 1 aromatic rings. The summed E-state index contributed by atoms with van der Waals surface area (Å²) in [5.41, 5.74) is 6.29. The molecular formula is C14H26N4. The minimum atomic E-state index is 0.344. The summed E-state index contributed by atoms with van der Waals surface area (Å²) in [6, 6.07) is 0.344. The van der Waals surface area contributed by atoms with Crippen molar-refractivity contribution in [3.8, 4) is 0 Å². The standard InChI is InChI=1S/C14H26N4/c1-11(2)9-18-14(16-10-17-18)8-12-6-4-3-5-7-13(12)15/h10-13H,3-9,15H2,1-2H3. The summed E-state index contributed by atoms with van der Waals surface area (Å²) in [7, 11) is 0. The lowest BCUT2D eigenvalue weighted by Gasteiger charge is -2.21. The molecular weight excluding hydrogens is 224 g/mol. The van der Waals surface area contributed by atoms with Gasteiger partial charge in [-0.25, -0.2) is 9.67 Å². The molecule has 2 atom stereocenters. The Hall–Kier alpha value is -0.900. The second kappa shape index (κ2) is 6.32. The third kappa shape index (κ3) is 3.55. The Bertz CT molecular complexity index is 358. The van der Waals surface area contributed by atoms with Crippen LogP contribution in [0.4, 0.5) is 0 Å². The lowest BCUT2D eigenvalue weighted by Crippen LogP contribution is -2.31. The molecule has 18 heavy (non-hydrogen) atoms. The fourth-order valence-electron chi connectivity index (χ4n) is 2.85. The van der Waals surface area contributed by atoms with E-state index in [4.69, 9.17) is 5.73 Å². The Morgan fingerprint density at radius 3 is 2.89 bits per heavy atom. The fraction of sp³-hybridized carbons (Fsp3) is 0.857. The average Bonchev–Trinajstić information content (AvgIpc) is 2.62. The summed E-state index contributed by atoms with van der Waals surface area (Å²) in [6.45, 7) is 5.38. The number of hydrogen-bond acceptors (Lipinski definition) is 3. The molecule has 4 nitrogen and oxygen atoms in total. The Kier molecular flexibility index (Phi) is 4.75. The van der Waals surface area contributed by atoms with Crippen molar-refractivity contribution in [3.05, 3.63) is 12.2 Å². The normalized spacial score (nSPS) is 25.3. The van der Waals surface area contributed by atoms with E-state index in [1.54, 1.807) is 6.33 Å². The smallest absolute Gasteiger partial charge is 0.138 e. The molecule has 1 saturated carbocycles. The molecule has 0 spiro atoms. The predicted octanol–water partition coefficient (Wildman–Crippen LogP) is 2.38. The van der Waals surface area contributed by atoms with Gasteiger partial charge in [0.1, 0.15) is 12.2 Å². The van der Waals surface area contributed by atoms with Crippen LogP contribution in [0.3, 0.4) is 0 Å². The van der Waals surface area contributed by atoms with Crippen LogP contribution >= 0.6 is 0 Å². The maximum Gasteiger partial charge on any atom is 0.138 e. The number of nitrogens with zero attached hydrogens (tertiary/aromatic N) is 3. The molecule has 1 fully saturated rings. The highest BCUT2D eigenvalue weighted by molar-refractivity contribution is 4.91. The third-order valence-corrected chi connectivity index (χ3v) is 3.90. The number of rotatable bonds is 4. The van der Waals surface area contributed by atoms with E-state index < -0.39 is 0 Å². The van der Waals surface area contributed by atoms with Gasteiger partial charge in [-0.2, -0.15) is 5.10 Å². The summed E-state index contributed by atoms with van der Waals surface area (Å²) >= 11 is 0. The maximum atomic E-state index is 6.29. The van der Waals surface area contributed by atoms with E-state index in [0.717, 1.165) is 18.8 Å². The summed E-state index contributed by atoms with van der Waals surface area (Å²) in [4.78, 5) is 4.42. The second-order valence-electron chi connectivity index (χ2n) is 6.02. The van der Waals surface area contributed by atoms with Crippen LogP contribution in [0.15, 0.2) is 6.33 Å². The lowest BCUT2D eigenvalue weighted by molar-refractivity contribution is 0.371. The van der Waals surface area contributed by atoms with E-state index in [-0.39, 0.29) is 0 Å². The van der Waals surface area contributed by atoms with E-state index in [9.17, 15) is 0 Å². The Morgan fingerprint density at radius 1 is 1.33 bits per heavy atom. The maximum absolute atomic E-state index is 6.29. The van der Waals surface area contributed by atoms with Crippen LogP contribution in [0.25, 0.3) is 0 Å². The monoisotopic (exact) mass is 250 g/mol. The quantitative estimate of drug-likeness (QED) is 0.835. The first kappa shape index (κ1) is 13.5. The van der Waals surface area contributed by atoms with E-state index in [0.29, 0.717) is 17.9 Å². The van der Waals surface area contributed by atoms with Crippen LogP contribution in [0, 0.1) is 11.8 Å². The third-order valence-electron chi connectivity index (χ3n) is 3.90. The van der Waals surface area contributed by atoms with Crippen molar-refractivity contribution in [3.63, 3.8) is 0 Å². The van der Waals surface area contributed by atoms with Gasteiger partial charge in [-0.1, -0.05) is 33.1 Å². The number of hydrogen-bond donors (Lipinski definition) is 1. The van der Waals surface area contributed by atoms with Gasteiger partial charge in [-0.05, 0) is 24.7 Å². The summed E-state index contributed by atoms with van der Waals surface area (Å²) in [5.74, 6) is 2.31. The average molecular weight is 250 g/mol. The molecule has 1 aliphatic carbocycles. The highest BCUT2D eigenvalue weighted by atomic mass is 15.3. The molecule has 1 aliphatic rings. The molecule has 2 N–H and O–H groups in total. The molecule has 0 saturated heterocycles. The Morgan fingerprint density at radius 2 is 2.11 bits per heavy atom. The van der Waals surface area contributed by atoms with E-state index >= 15 is 0 Å². The topological polar surface area (TPSA) is 56.7 Å². The first-order chi connectivity index (χ1) is 8.66. The summed E-state index contributed by atoms with van der Waals surface area (Å²) < 4.78 is 2.06.